The molecule has 312 valence electrons. The van der Waals surface area contributed by atoms with Gasteiger partial charge >= 0.3 is 0 Å². The van der Waals surface area contributed by atoms with Gasteiger partial charge in [-0.05, 0) is 44.9 Å². The maximum atomic E-state index is 12.4. The predicted octanol–water partition coefficient (Wildman–Crippen LogP) is 15.0. The fourth-order valence-corrected chi connectivity index (χ4v) is 7.32. The molecule has 0 fully saturated rings. The summed E-state index contributed by atoms with van der Waals surface area (Å²) in [6.45, 7) is 4.25. The second-order valence-electron chi connectivity index (χ2n) is 16.2. The molecule has 0 aromatic heterocycles. The van der Waals surface area contributed by atoms with Crippen molar-refractivity contribution >= 4 is 5.91 Å². The molecule has 53 heavy (non-hydrogen) atoms. The number of aliphatic hydroxyl groups is 2. The third-order valence-electron chi connectivity index (χ3n) is 10.9. The Morgan fingerprint density at radius 2 is 0.830 bits per heavy atom. The fraction of sp³-hybridized carbons (Fsp3) is 0.857. The van der Waals surface area contributed by atoms with Crippen LogP contribution in [0.1, 0.15) is 251 Å². The van der Waals surface area contributed by atoms with Crippen LogP contribution < -0.4 is 5.32 Å². The van der Waals surface area contributed by atoms with Gasteiger partial charge in [0.1, 0.15) is 0 Å². The highest BCUT2D eigenvalue weighted by Gasteiger charge is 2.20. The summed E-state index contributed by atoms with van der Waals surface area (Å²) in [6.07, 6.45) is 59.6. The molecule has 1 amide bonds. The van der Waals surface area contributed by atoms with Crippen LogP contribution in [-0.2, 0) is 4.79 Å². The molecule has 0 aliphatic rings. The zero-order chi connectivity index (χ0) is 38.6. The van der Waals surface area contributed by atoms with E-state index in [1.165, 1.54) is 167 Å². The van der Waals surface area contributed by atoms with E-state index in [9.17, 15) is 15.0 Å². The lowest BCUT2D eigenvalue weighted by Gasteiger charge is -2.22. The van der Waals surface area contributed by atoms with Crippen molar-refractivity contribution in [1.82, 2.24) is 5.32 Å². The highest BCUT2D eigenvalue weighted by atomic mass is 16.3. The monoisotopic (exact) mass is 744 g/mol. The van der Waals surface area contributed by atoms with Crippen molar-refractivity contribution in [3.63, 3.8) is 0 Å². The first-order valence-corrected chi connectivity index (χ1v) is 23.7. The quantitative estimate of drug-likeness (QED) is 0.0430. The molecule has 0 aliphatic carbocycles. The topological polar surface area (TPSA) is 69.6 Å². The number of nitrogens with one attached hydrogen (secondary N) is 1. The van der Waals surface area contributed by atoms with E-state index in [0.29, 0.717) is 12.8 Å². The number of amides is 1. The van der Waals surface area contributed by atoms with Crippen LogP contribution in [-0.4, -0.2) is 34.9 Å². The lowest BCUT2D eigenvalue weighted by molar-refractivity contribution is -0.123. The second kappa shape index (κ2) is 45.0. The molecule has 0 saturated carbocycles. The van der Waals surface area contributed by atoms with Crippen LogP contribution in [0, 0.1) is 0 Å². The lowest BCUT2D eigenvalue weighted by Crippen LogP contribution is -2.45. The molecule has 2 unspecified atom stereocenters. The van der Waals surface area contributed by atoms with Crippen molar-refractivity contribution in [2.75, 3.05) is 6.61 Å². The highest BCUT2D eigenvalue weighted by molar-refractivity contribution is 5.76. The molecule has 4 nitrogen and oxygen atoms in total. The van der Waals surface area contributed by atoms with Crippen LogP contribution in [0.25, 0.3) is 0 Å². The molecular formula is C49H93NO3. The maximum absolute atomic E-state index is 12.4. The van der Waals surface area contributed by atoms with E-state index in [4.69, 9.17) is 0 Å². The molecule has 0 aromatic rings. The molecule has 0 heterocycles. The van der Waals surface area contributed by atoms with E-state index < -0.39 is 12.1 Å². The van der Waals surface area contributed by atoms with E-state index in [1.54, 1.807) is 0 Å². The summed E-state index contributed by atoms with van der Waals surface area (Å²) in [5.41, 5.74) is 0. The van der Waals surface area contributed by atoms with E-state index >= 15 is 0 Å². The minimum Gasteiger partial charge on any atom is -0.394 e. The first kappa shape index (κ1) is 51.6. The number of aliphatic hydroxyl groups excluding tert-OH is 2. The molecule has 0 saturated heterocycles. The average Bonchev–Trinajstić information content (AvgIpc) is 3.16. The largest absolute Gasteiger partial charge is 0.394 e. The number of hydrogen-bond acceptors (Lipinski definition) is 3. The second-order valence-corrected chi connectivity index (χ2v) is 16.2. The van der Waals surface area contributed by atoms with Gasteiger partial charge in [-0.25, -0.2) is 0 Å². The zero-order valence-electron chi connectivity index (χ0n) is 35.8. The fourth-order valence-electron chi connectivity index (χ4n) is 7.32. The van der Waals surface area contributed by atoms with Crippen LogP contribution in [0.4, 0.5) is 0 Å². The number of unbranched alkanes of at least 4 members (excludes halogenated alkanes) is 30. The van der Waals surface area contributed by atoms with Gasteiger partial charge in [-0.15, -0.1) is 0 Å². The zero-order valence-corrected chi connectivity index (χ0v) is 35.8. The standard InChI is InChI=1S/C49H93NO3/c1-3-5-7-9-11-13-15-17-19-20-21-22-23-24-25-26-27-28-29-31-32-34-36-38-40-42-44-48(52)47(46-51)50-49(53)45-43-41-39-37-35-33-30-18-16-14-12-10-8-6-4-2/h6,8,12,14,18,30,47-48,51-52H,3-5,7,9-11,13,15-17,19-29,31-46H2,1-2H3,(H,50,53)/b8-6-,14-12-,30-18-. The molecule has 4 heteroatoms. The lowest BCUT2D eigenvalue weighted by atomic mass is 10.0. The Hall–Kier alpha value is -1.39. The Morgan fingerprint density at radius 1 is 0.472 bits per heavy atom. The molecule has 0 radical (unpaired) electrons. The third-order valence-corrected chi connectivity index (χ3v) is 10.9. The van der Waals surface area contributed by atoms with Gasteiger partial charge in [-0.1, -0.05) is 237 Å². The van der Waals surface area contributed by atoms with Gasteiger partial charge in [0.15, 0.2) is 0 Å². The SMILES string of the molecule is CC/C=C\C/C=C\C/C=C\CCCCCCCC(=O)NC(CO)C(O)CCCCCCCCCCCCCCCCCCCCCCCCCCCC. The summed E-state index contributed by atoms with van der Waals surface area (Å²) in [7, 11) is 0. The molecule has 0 aromatic carbocycles. The number of hydrogen-bond donors (Lipinski definition) is 3. The van der Waals surface area contributed by atoms with Crippen molar-refractivity contribution in [3.8, 4) is 0 Å². The van der Waals surface area contributed by atoms with Gasteiger partial charge < -0.3 is 15.5 Å². The first-order valence-electron chi connectivity index (χ1n) is 23.7. The van der Waals surface area contributed by atoms with Crippen molar-refractivity contribution in [2.45, 2.75) is 264 Å². The van der Waals surface area contributed by atoms with Gasteiger partial charge in [-0.2, -0.15) is 0 Å². The van der Waals surface area contributed by atoms with Crippen LogP contribution in [0.2, 0.25) is 0 Å². The Bertz CT molecular complexity index is 806. The van der Waals surface area contributed by atoms with Crippen molar-refractivity contribution in [2.24, 2.45) is 0 Å². The van der Waals surface area contributed by atoms with Gasteiger partial charge in [-0.3, -0.25) is 4.79 Å². The number of carbonyl (C=O) groups excluding carboxylic acids is 1. The smallest absolute Gasteiger partial charge is 0.220 e. The van der Waals surface area contributed by atoms with E-state index in [0.717, 1.165) is 57.8 Å². The van der Waals surface area contributed by atoms with Crippen LogP contribution in [0.5, 0.6) is 0 Å². The Balaban J connectivity index is 3.46. The summed E-state index contributed by atoms with van der Waals surface area (Å²) in [5, 5.41) is 23.2. The normalized spacial score (nSPS) is 13.2. The van der Waals surface area contributed by atoms with Crippen molar-refractivity contribution < 1.29 is 15.0 Å². The van der Waals surface area contributed by atoms with Crippen LogP contribution in [0.3, 0.4) is 0 Å². The van der Waals surface area contributed by atoms with Gasteiger partial charge in [0.25, 0.3) is 0 Å². The summed E-state index contributed by atoms with van der Waals surface area (Å²) in [6, 6.07) is -0.545. The van der Waals surface area contributed by atoms with Crippen molar-refractivity contribution in [3.05, 3.63) is 36.5 Å². The molecule has 0 bridgehead atoms. The summed E-state index contributed by atoms with van der Waals surface area (Å²) in [4.78, 5) is 12.4. The highest BCUT2D eigenvalue weighted by Crippen LogP contribution is 2.17. The molecule has 0 aliphatic heterocycles. The van der Waals surface area contributed by atoms with E-state index in [2.05, 4.69) is 55.6 Å². The molecule has 2 atom stereocenters. The average molecular weight is 744 g/mol. The van der Waals surface area contributed by atoms with Gasteiger partial charge in [0.2, 0.25) is 5.91 Å². The minimum absolute atomic E-state index is 0.0469. The van der Waals surface area contributed by atoms with Crippen LogP contribution >= 0.6 is 0 Å². The summed E-state index contributed by atoms with van der Waals surface area (Å²) in [5.74, 6) is -0.0469. The van der Waals surface area contributed by atoms with E-state index in [-0.39, 0.29) is 12.5 Å². The Morgan fingerprint density at radius 3 is 1.25 bits per heavy atom. The number of carbonyl (C=O) groups is 1. The first-order chi connectivity index (χ1) is 26.2. The molecule has 3 N–H and O–H groups in total. The third kappa shape index (κ3) is 41.6. The Labute approximate surface area is 331 Å². The number of rotatable bonds is 43. The number of allylic oxidation sites excluding steroid dienone is 6. The van der Waals surface area contributed by atoms with Crippen LogP contribution in [0.15, 0.2) is 36.5 Å². The summed E-state index contributed by atoms with van der Waals surface area (Å²) < 4.78 is 0. The predicted molar refractivity (Wildman–Crippen MR) is 235 cm³/mol. The van der Waals surface area contributed by atoms with Crippen molar-refractivity contribution in [1.29, 1.82) is 0 Å². The van der Waals surface area contributed by atoms with E-state index in [1.807, 2.05) is 0 Å². The van der Waals surface area contributed by atoms with Gasteiger partial charge in [0.05, 0.1) is 18.8 Å². The molecule has 0 spiro atoms. The maximum Gasteiger partial charge on any atom is 0.220 e. The molecular weight excluding hydrogens is 651 g/mol. The Kier molecular flexibility index (Phi) is 43.8. The minimum atomic E-state index is -0.667. The van der Waals surface area contributed by atoms with Gasteiger partial charge in [0, 0.05) is 6.42 Å². The molecule has 0 rings (SSSR count). The summed E-state index contributed by atoms with van der Waals surface area (Å²) >= 11 is 0.